The van der Waals surface area contributed by atoms with Gasteiger partial charge in [-0.2, -0.15) is 0 Å². The number of carbonyl (C=O) groups is 1. The third-order valence-electron chi connectivity index (χ3n) is 3.89. The maximum absolute atomic E-state index is 11.9. The molecule has 1 saturated heterocycles. The SMILES string of the molecule is CCOc1cc(/C=C2/SC(=S)NC2=O)cc(Cl)c1OCCCOc1ccc(Cl)cc1. The van der Waals surface area contributed by atoms with Gasteiger partial charge >= 0.3 is 0 Å². The van der Waals surface area contributed by atoms with Crippen LogP contribution in [0.25, 0.3) is 6.08 Å². The van der Waals surface area contributed by atoms with Gasteiger partial charge in [0.15, 0.2) is 11.5 Å². The molecule has 1 heterocycles. The highest BCUT2D eigenvalue weighted by Crippen LogP contribution is 2.38. The van der Waals surface area contributed by atoms with Crippen molar-refractivity contribution in [3.63, 3.8) is 0 Å². The Balaban J connectivity index is 1.62. The van der Waals surface area contributed by atoms with Gasteiger partial charge in [-0.05, 0) is 55.0 Å². The molecule has 1 fully saturated rings. The molecule has 0 bridgehead atoms. The number of ether oxygens (including phenoxy) is 3. The predicted molar refractivity (Wildman–Crippen MR) is 126 cm³/mol. The highest BCUT2D eigenvalue weighted by atomic mass is 35.5. The first-order valence-electron chi connectivity index (χ1n) is 9.18. The van der Waals surface area contributed by atoms with Gasteiger partial charge in [-0.1, -0.05) is 47.2 Å². The van der Waals surface area contributed by atoms with Crippen LogP contribution in [0.15, 0.2) is 41.3 Å². The number of hydrogen-bond donors (Lipinski definition) is 1. The van der Waals surface area contributed by atoms with E-state index in [4.69, 9.17) is 49.6 Å². The van der Waals surface area contributed by atoms with E-state index in [0.29, 0.717) is 57.0 Å². The van der Waals surface area contributed by atoms with Crippen molar-refractivity contribution in [3.8, 4) is 17.2 Å². The van der Waals surface area contributed by atoms with E-state index in [1.165, 1.54) is 11.8 Å². The van der Waals surface area contributed by atoms with Crippen molar-refractivity contribution in [1.29, 1.82) is 0 Å². The number of carbonyl (C=O) groups excluding carboxylic acids is 1. The molecular formula is C21H19Cl2NO4S2. The van der Waals surface area contributed by atoms with Crippen LogP contribution in [0.4, 0.5) is 0 Å². The Morgan fingerprint density at radius 1 is 1.10 bits per heavy atom. The Hall–Kier alpha value is -1.93. The standard InChI is InChI=1S/C21H19Cl2NO4S2/c1-2-26-17-11-13(12-18-20(25)24-21(29)30-18)10-16(23)19(17)28-9-3-8-27-15-6-4-14(22)5-7-15/h4-7,10-12H,2-3,8-9H2,1H3,(H,24,25,29)/b18-12+. The maximum atomic E-state index is 11.9. The Kier molecular flexibility index (Phi) is 8.27. The topological polar surface area (TPSA) is 56.8 Å². The van der Waals surface area contributed by atoms with E-state index in [0.717, 1.165) is 11.3 Å². The van der Waals surface area contributed by atoms with Crippen molar-refractivity contribution in [2.24, 2.45) is 0 Å². The van der Waals surface area contributed by atoms with Crippen LogP contribution in [-0.2, 0) is 4.79 Å². The van der Waals surface area contributed by atoms with Gasteiger partial charge in [-0.25, -0.2) is 0 Å². The minimum Gasteiger partial charge on any atom is -0.493 e. The highest BCUT2D eigenvalue weighted by Gasteiger charge is 2.22. The minimum atomic E-state index is -0.222. The average Bonchev–Trinajstić information content (AvgIpc) is 3.01. The summed E-state index contributed by atoms with van der Waals surface area (Å²) in [6.45, 7) is 3.22. The molecule has 0 aliphatic carbocycles. The van der Waals surface area contributed by atoms with Gasteiger partial charge < -0.3 is 19.5 Å². The zero-order chi connectivity index (χ0) is 21.5. The minimum absolute atomic E-state index is 0.222. The van der Waals surface area contributed by atoms with Crippen molar-refractivity contribution in [3.05, 3.63) is 56.9 Å². The number of thiocarbonyl (C=S) groups is 1. The van der Waals surface area contributed by atoms with Gasteiger partial charge in [-0.3, -0.25) is 4.79 Å². The van der Waals surface area contributed by atoms with E-state index in [-0.39, 0.29) is 5.91 Å². The van der Waals surface area contributed by atoms with Crippen molar-refractivity contribution >= 4 is 63.5 Å². The lowest BCUT2D eigenvalue weighted by Gasteiger charge is -2.15. The second-order valence-electron chi connectivity index (χ2n) is 6.12. The van der Waals surface area contributed by atoms with Gasteiger partial charge in [0.05, 0.1) is 29.7 Å². The number of halogens is 2. The molecule has 1 aliphatic heterocycles. The normalized spacial score (nSPS) is 14.7. The van der Waals surface area contributed by atoms with E-state index >= 15 is 0 Å². The van der Waals surface area contributed by atoms with Crippen LogP contribution >= 0.6 is 47.2 Å². The van der Waals surface area contributed by atoms with Crippen LogP contribution in [0, 0.1) is 0 Å². The van der Waals surface area contributed by atoms with E-state index in [2.05, 4.69) is 5.32 Å². The number of rotatable bonds is 9. The van der Waals surface area contributed by atoms with Crippen LogP contribution in [-0.4, -0.2) is 30.0 Å². The van der Waals surface area contributed by atoms with Crippen LogP contribution in [0.1, 0.15) is 18.9 Å². The molecule has 9 heteroatoms. The molecule has 5 nitrogen and oxygen atoms in total. The first-order chi connectivity index (χ1) is 14.5. The molecule has 0 saturated carbocycles. The predicted octanol–water partition coefficient (Wildman–Crippen LogP) is 5.73. The largest absolute Gasteiger partial charge is 0.493 e. The molecule has 2 aromatic rings. The summed E-state index contributed by atoms with van der Waals surface area (Å²) in [5, 5.41) is 3.65. The van der Waals surface area contributed by atoms with Gasteiger partial charge in [0.2, 0.25) is 0 Å². The Bertz CT molecular complexity index is 964. The van der Waals surface area contributed by atoms with Crippen molar-refractivity contribution in [1.82, 2.24) is 5.32 Å². The Morgan fingerprint density at radius 3 is 2.50 bits per heavy atom. The first kappa shape index (κ1) is 22.7. The fourth-order valence-electron chi connectivity index (χ4n) is 2.60. The number of thioether (sulfide) groups is 1. The molecule has 2 aromatic carbocycles. The number of amides is 1. The van der Waals surface area contributed by atoms with Gasteiger partial charge in [0, 0.05) is 11.4 Å². The highest BCUT2D eigenvalue weighted by molar-refractivity contribution is 8.26. The van der Waals surface area contributed by atoms with E-state index < -0.39 is 0 Å². The monoisotopic (exact) mass is 483 g/mol. The first-order valence-corrected chi connectivity index (χ1v) is 11.2. The van der Waals surface area contributed by atoms with Crippen LogP contribution in [0.3, 0.4) is 0 Å². The van der Waals surface area contributed by atoms with Crippen molar-refractivity contribution in [2.45, 2.75) is 13.3 Å². The number of nitrogens with one attached hydrogen (secondary N) is 1. The lowest BCUT2D eigenvalue weighted by molar-refractivity contribution is -0.115. The Labute approximate surface area is 194 Å². The molecule has 1 N–H and O–H groups in total. The summed E-state index contributed by atoms with van der Waals surface area (Å²) in [5.74, 6) is 1.51. The molecule has 0 spiro atoms. The third-order valence-corrected chi connectivity index (χ3v) is 5.58. The average molecular weight is 484 g/mol. The van der Waals surface area contributed by atoms with Crippen LogP contribution < -0.4 is 19.5 Å². The maximum Gasteiger partial charge on any atom is 0.263 e. The van der Waals surface area contributed by atoms with Gasteiger partial charge in [-0.15, -0.1) is 0 Å². The summed E-state index contributed by atoms with van der Waals surface area (Å²) in [7, 11) is 0. The molecule has 1 aliphatic rings. The summed E-state index contributed by atoms with van der Waals surface area (Å²) in [5.41, 5.74) is 0.726. The summed E-state index contributed by atoms with van der Waals surface area (Å²) in [4.78, 5) is 12.4. The van der Waals surface area contributed by atoms with Crippen molar-refractivity contribution in [2.75, 3.05) is 19.8 Å². The lowest BCUT2D eigenvalue weighted by Crippen LogP contribution is -2.17. The fraction of sp³-hybridized carbons (Fsp3) is 0.238. The zero-order valence-corrected chi connectivity index (χ0v) is 19.2. The third kappa shape index (κ3) is 6.28. The molecule has 0 unspecified atom stereocenters. The van der Waals surface area contributed by atoms with Crippen molar-refractivity contribution < 1.29 is 19.0 Å². The van der Waals surface area contributed by atoms with Crippen LogP contribution in [0.2, 0.25) is 10.0 Å². The van der Waals surface area contributed by atoms with Gasteiger partial charge in [0.1, 0.15) is 10.1 Å². The molecule has 0 radical (unpaired) electrons. The Morgan fingerprint density at radius 2 is 1.83 bits per heavy atom. The molecule has 0 aromatic heterocycles. The second kappa shape index (κ2) is 10.9. The second-order valence-corrected chi connectivity index (χ2v) is 8.68. The van der Waals surface area contributed by atoms with E-state index in [9.17, 15) is 4.79 Å². The quantitative estimate of drug-likeness (QED) is 0.279. The summed E-state index contributed by atoms with van der Waals surface area (Å²) in [6.07, 6.45) is 2.38. The molecule has 30 heavy (non-hydrogen) atoms. The lowest BCUT2D eigenvalue weighted by atomic mass is 10.2. The zero-order valence-electron chi connectivity index (χ0n) is 16.1. The molecule has 1 amide bonds. The van der Waals surface area contributed by atoms with Gasteiger partial charge in [0.25, 0.3) is 5.91 Å². The molecule has 0 atom stereocenters. The summed E-state index contributed by atoms with van der Waals surface area (Å²) < 4.78 is 17.6. The van der Waals surface area contributed by atoms with Crippen LogP contribution in [0.5, 0.6) is 17.2 Å². The smallest absolute Gasteiger partial charge is 0.263 e. The summed E-state index contributed by atoms with van der Waals surface area (Å²) >= 11 is 18.5. The van der Waals surface area contributed by atoms with E-state index in [1.54, 1.807) is 30.3 Å². The number of benzene rings is 2. The number of hydrogen-bond acceptors (Lipinski definition) is 6. The molecule has 158 valence electrons. The molecular weight excluding hydrogens is 465 g/mol. The fourth-order valence-corrected chi connectivity index (χ4v) is 4.04. The molecule has 3 rings (SSSR count). The summed E-state index contributed by atoms with van der Waals surface area (Å²) in [6, 6.07) is 10.7. The van der Waals surface area contributed by atoms with E-state index in [1.807, 2.05) is 19.1 Å².